The van der Waals surface area contributed by atoms with Crippen molar-refractivity contribution in [2.45, 2.75) is 17.5 Å². The van der Waals surface area contributed by atoms with Gasteiger partial charge in [0.1, 0.15) is 0 Å². The summed E-state index contributed by atoms with van der Waals surface area (Å²) in [6.07, 6.45) is 2.93. The van der Waals surface area contributed by atoms with Crippen LogP contribution in [0.3, 0.4) is 0 Å². The fourth-order valence-electron chi connectivity index (χ4n) is 1.72. The molecule has 19 heavy (non-hydrogen) atoms. The molecule has 0 amide bonds. The van der Waals surface area contributed by atoms with E-state index in [1.165, 1.54) is 12.5 Å². The highest BCUT2D eigenvalue weighted by Crippen LogP contribution is 2.07. The minimum Gasteiger partial charge on any atom is -0.395 e. The molecular weight excluding hydrogens is 266 g/mol. The van der Waals surface area contributed by atoms with Gasteiger partial charge < -0.3 is 10.1 Å². The number of aliphatic hydroxyl groups excluding tert-OH is 1. The summed E-state index contributed by atoms with van der Waals surface area (Å²) in [5.74, 6) is 0. The summed E-state index contributed by atoms with van der Waals surface area (Å²) < 4.78 is 26.4. The molecule has 1 atom stereocenters. The summed E-state index contributed by atoms with van der Waals surface area (Å²) in [5, 5.41) is 9.28. The van der Waals surface area contributed by atoms with Crippen molar-refractivity contribution in [3.63, 3.8) is 0 Å². The van der Waals surface area contributed by atoms with Crippen molar-refractivity contribution >= 4 is 10.0 Å². The van der Waals surface area contributed by atoms with Crippen molar-refractivity contribution in [2.24, 2.45) is 0 Å². The average Bonchev–Trinajstić information content (AvgIpc) is 2.93. The second kappa shape index (κ2) is 5.96. The first kappa shape index (κ1) is 13.7. The van der Waals surface area contributed by atoms with Crippen LogP contribution in [0.4, 0.5) is 0 Å². The molecule has 3 N–H and O–H groups in total. The van der Waals surface area contributed by atoms with E-state index in [9.17, 15) is 13.5 Å². The molecule has 0 saturated carbocycles. The first-order chi connectivity index (χ1) is 9.12. The molecule has 0 aliphatic carbocycles. The van der Waals surface area contributed by atoms with Gasteiger partial charge in [-0.05, 0) is 12.0 Å². The van der Waals surface area contributed by atoms with Crippen molar-refractivity contribution in [2.75, 3.05) is 6.61 Å². The van der Waals surface area contributed by atoms with E-state index in [0.29, 0.717) is 6.42 Å². The van der Waals surface area contributed by atoms with E-state index in [-0.39, 0.29) is 11.6 Å². The van der Waals surface area contributed by atoms with Crippen LogP contribution in [0.5, 0.6) is 0 Å². The van der Waals surface area contributed by atoms with Crippen LogP contribution in [0.2, 0.25) is 0 Å². The highest BCUT2D eigenvalue weighted by molar-refractivity contribution is 7.89. The molecule has 0 aliphatic heterocycles. The molecule has 0 unspecified atom stereocenters. The van der Waals surface area contributed by atoms with Crippen molar-refractivity contribution in [3.8, 4) is 0 Å². The van der Waals surface area contributed by atoms with Crippen molar-refractivity contribution < 1.29 is 13.5 Å². The fraction of sp³-hybridized carbons (Fsp3) is 0.250. The zero-order valence-corrected chi connectivity index (χ0v) is 11.0. The second-order valence-corrected chi connectivity index (χ2v) is 5.79. The average molecular weight is 281 g/mol. The Morgan fingerprint density at radius 1 is 1.32 bits per heavy atom. The molecule has 1 aromatic heterocycles. The summed E-state index contributed by atoms with van der Waals surface area (Å²) in [6, 6.07) is 8.81. The Labute approximate surface area is 111 Å². The van der Waals surface area contributed by atoms with Gasteiger partial charge in [-0.1, -0.05) is 30.3 Å². The highest BCUT2D eigenvalue weighted by Gasteiger charge is 2.20. The van der Waals surface area contributed by atoms with Gasteiger partial charge in [0.15, 0.2) is 5.03 Å². The molecule has 0 fully saturated rings. The number of aliphatic hydroxyl groups is 1. The number of sulfonamides is 1. The number of nitrogens with one attached hydrogen (secondary N) is 2. The summed E-state index contributed by atoms with van der Waals surface area (Å²) in [6.45, 7) is -0.276. The second-order valence-electron chi connectivity index (χ2n) is 4.11. The predicted octanol–water partition coefficient (Wildman–Crippen LogP) is 0.292. The van der Waals surface area contributed by atoms with E-state index in [0.717, 1.165) is 5.56 Å². The van der Waals surface area contributed by atoms with Crippen LogP contribution in [0, 0.1) is 0 Å². The molecule has 0 bridgehead atoms. The van der Waals surface area contributed by atoms with Crippen LogP contribution in [0.1, 0.15) is 5.56 Å². The maximum absolute atomic E-state index is 12.0. The molecule has 2 rings (SSSR count). The fourth-order valence-corrected chi connectivity index (χ4v) is 2.85. The Kier molecular flexibility index (Phi) is 4.31. The van der Waals surface area contributed by atoms with Gasteiger partial charge in [-0.3, -0.25) is 0 Å². The molecule has 102 valence electrons. The van der Waals surface area contributed by atoms with Crippen LogP contribution in [-0.4, -0.2) is 36.1 Å². The van der Waals surface area contributed by atoms with Crippen molar-refractivity contribution in [1.82, 2.24) is 14.7 Å². The van der Waals surface area contributed by atoms with Gasteiger partial charge in [0.2, 0.25) is 0 Å². The van der Waals surface area contributed by atoms with Gasteiger partial charge in [0.05, 0.1) is 19.1 Å². The lowest BCUT2D eigenvalue weighted by molar-refractivity contribution is 0.256. The van der Waals surface area contributed by atoms with E-state index in [2.05, 4.69) is 14.7 Å². The third kappa shape index (κ3) is 3.63. The molecule has 1 heterocycles. The lowest BCUT2D eigenvalue weighted by Crippen LogP contribution is -2.39. The number of hydrogen-bond donors (Lipinski definition) is 3. The van der Waals surface area contributed by atoms with Gasteiger partial charge >= 0.3 is 0 Å². The Morgan fingerprint density at radius 3 is 2.63 bits per heavy atom. The molecule has 6 nitrogen and oxygen atoms in total. The van der Waals surface area contributed by atoms with E-state index in [4.69, 9.17) is 0 Å². The van der Waals surface area contributed by atoms with Crippen LogP contribution >= 0.6 is 0 Å². The zero-order valence-electron chi connectivity index (χ0n) is 10.2. The maximum Gasteiger partial charge on any atom is 0.257 e. The highest BCUT2D eigenvalue weighted by atomic mass is 32.2. The number of benzene rings is 1. The van der Waals surface area contributed by atoms with E-state index in [1.807, 2.05) is 30.3 Å². The van der Waals surface area contributed by atoms with Gasteiger partial charge in [0.25, 0.3) is 10.0 Å². The van der Waals surface area contributed by atoms with Crippen molar-refractivity contribution in [3.05, 3.63) is 48.4 Å². The number of H-pyrrole nitrogens is 1. The topological polar surface area (TPSA) is 95.1 Å². The molecule has 1 aromatic carbocycles. The molecule has 2 aromatic rings. The summed E-state index contributed by atoms with van der Waals surface area (Å²) >= 11 is 0. The number of imidazole rings is 1. The predicted molar refractivity (Wildman–Crippen MR) is 69.9 cm³/mol. The van der Waals surface area contributed by atoms with E-state index < -0.39 is 16.1 Å². The Morgan fingerprint density at radius 2 is 2.05 bits per heavy atom. The summed E-state index contributed by atoms with van der Waals surface area (Å²) in [5.41, 5.74) is 0.953. The summed E-state index contributed by atoms with van der Waals surface area (Å²) in [4.78, 5) is 6.20. The lowest BCUT2D eigenvalue weighted by atomic mass is 10.1. The number of rotatable bonds is 6. The van der Waals surface area contributed by atoms with Gasteiger partial charge in [-0.25, -0.2) is 18.1 Å². The van der Waals surface area contributed by atoms with E-state index in [1.54, 1.807) is 0 Å². The van der Waals surface area contributed by atoms with Crippen LogP contribution in [0.15, 0.2) is 47.9 Å². The lowest BCUT2D eigenvalue weighted by Gasteiger charge is -2.15. The molecule has 0 radical (unpaired) electrons. The molecular formula is C12H15N3O3S. The van der Waals surface area contributed by atoms with Gasteiger partial charge in [-0.15, -0.1) is 0 Å². The third-order valence-electron chi connectivity index (χ3n) is 2.63. The number of aromatic nitrogens is 2. The Bertz CT molecular complexity index is 596. The largest absolute Gasteiger partial charge is 0.395 e. The van der Waals surface area contributed by atoms with Gasteiger partial charge in [-0.2, -0.15) is 0 Å². The smallest absolute Gasteiger partial charge is 0.257 e. The third-order valence-corrected chi connectivity index (χ3v) is 4.08. The minimum absolute atomic E-state index is 0.0148. The molecule has 0 aliphatic rings. The van der Waals surface area contributed by atoms with Gasteiger partial charge in [0, 0.05) is 6.04 Å². The first-order valence-electron chi connectivity index (χ1n) is 5.77. The normalized spacial score (nSPS) is 13.3. The summed E-state index contributed by atoms with van der Waals surface area (Å²) in [7, 11) is -3.68. The number of nitrogens with zero attached hydrogens (tertiary/aromatic N) is 1. The van der Waals surface area contributed by atoms with Crippen molar-refractivity contribution in [1.29, 1.82) is 0 Å². The van der Waals surface area contributed by atoms with Crippen LogP contribution in [0.25, 0.3) is 0 Å². The minimum atomic E-state index is -3.68. The number of aromatic amines is 1. The quantitative estimate of drug-likeness (QED) is 0.709. The molecule has 7 heteroatoms. The van der Waals surface area contributed by atoms with Crippen LogP contribution in [-0.2, 0) is 16.4 Å². The Balaban J connectivity index is 2.08. The standard InChI is InChI=1S/C12H15N3O3S/c16-8-11(6-10-4-2-1-3-5-10)15-19(17,18)12-7-13-9-14-12/h1-5,7,9,11,15-16H,6,8H2,(H,13,14)/t11-/m0/s1. The molecule has 0 saturated heterocycles. The van der Waals surface area contributed by atoms with Crippen LogP contribution < -0.4 is 4.72 Å². The monoisotopic (exact) mass is 281 g/mol. The SMILES string of the molecule is O=S(=O)(N[C@H](CO)Cc1ccccc1)c1cnc[nH]1. The Hall–Kier alpha value is -1.70. The first-order valence-corrected chi connectivity index (χ1v) is 7.25. The molecule has 0 spiro atoms. The van der Waals surface area contributed by atoms with E-state index >= 15 is 0 Å². The maximum atomic E-state index is 12.0. The number of hydrogen-bond acceptors (Lipinski definition) is 4. The zero-order chi connectivity index (χ0) is 13.7.